The lowest BCUT2D eigenvalue weighted by Crippen LogP contribution is -2.23. The number of carbonyl (C=O) groups excluding carboxylic acids is 1. The third kappa shape index (κ3) is 8.00. The first-order chi connectivity index (χ1) is 13.0. The Morgan fingerprint density at radius 3 is 2.89 bits per heavy atom. The first kappa shape index (κ1) is 20.6. The Balaban J connectivity index is 1.77. The van der Waals surface area contributed by atoms with Crippen molar-refractivity contribution in [3.05, 3.63) is 60.2 Å². The molecule has 6 heteroatoms. The van der Waals surface area contributed by atoms with Crippen molar-refractivity contribution in [3.63, 3.8) is 0 Å². The molecule has 1 heterocycles. The quantitative estimate of drug-likeness (QED) is 0.501. The first-order valence-electron chi connectivity index (χ1n) is 8.95. The highest BCUT2D eigenvalue weighted by Crippen LogP contribution is 2.24. The summed E-state index contributed by atoms with van der Waals surface area (Å²) >= 11 is 0. The minimum Gasteiger partial charge on any atom is -0.453 e. The van der Waals surface area contributed by atoms with E-state index in [1.165, 1.54) is 24.4 Å². The zero-order valence-electron chi connectivity index (χ0n) is 15.7. The molecule has 0 atom stereocenters. The minimum absolute atomic E-state index is 0.103. The van der Waals surface area contributed by atoms with E-state index in [1.54, 1.807) is 30.5 Å². The molecule has 144 valence electrons. The number of pyridine rings is 1. The molecule has 0 aliphatic carbocycles. The summed E-state index contributed by atoms with van der Waals surface area (Å²) < 4.78 is 25.0. The molecule has 0 spiro atoms. The van der Waals surface area contributed by atoms with Gasteiger partial charge >= 0.3 is 0 Å². The van der Waals surface area contributed by atoms with Crippen LogP contribution in [-0.4, -0.2) is 30.6 Å². The molecule has 0 aliphatic rings. The Labute approximate surface area is 159 Å². The van der Waals surface area contributed by atoms with Crippen molar-refractivity contribution < 1.29 is 18.7 Å². The number of amides is 1. The van der Waals surface area contributed by atoms with E-state index in [0.29, 0.717) is 30.4 Å². The van der Waals surface area contributed by atoms with E-state index in [-0.39, 0.29) is 11.7 Å². The fraction of sp³-hybridized carbons (Fsp3) is 0.333. The zero-order chi connectivity index (χ0) is 19.5. The second-order valence-electron chi connectivity index (χ2n) is 6.43. The Morgan fingerprint density at radius 1 is 1.33 bits per heavy atom. The fourth-order valence-electron chi connectivity index (χ4n) is 2.17. The number of hydrogen-bond donors (Lipinski definition) is 1. The molecule has 0 saturated carbocycles. The largest absolute Gasteiger partial charge is 0.453 e. The van der Waals surface area contributed by atoms with E-state index in [9.17, 15) is 9.18 Å². The van der Waals surface area contributed by atoms with Gasteiger partial charge < -0.3 is 14.8 Å². The molecule has 2 rings (SSSR count). The van der Waals surface area contributed by atoms with Crippen LogP contribution >= 0.6 is 0 Å². The van der Waals surface area contributed by atoms with Crippen LogP contribution in [0, 0.1) is 11.7 Å². The van der Waals surface area contributed by atoms with Crippen LogP contribution in [0.25, 0.3) is 6.08 Å². The number of ether oxygens (including phenoxy) is 2. The number of benzene rings is 1. The van der Waals surface area contributed by atoms with Crippen molar-refractivity contribution in [1.82, 2.24) is 10.3 Å². The Bertz CT molecular complexity index is 748. The summed E-state index contributed by atoms with van der Waals surface area (Å²) in [5.41, 5.74) is 0.571. The van der Waals surface area contributed by atoms with Gasteiger partial charge in [-0.15, -0.1) is 0 Å². The van der Waals surface area contributed by atoms with Gasteiger partial charge in [-0.05, 0) is 48.2 Å². The van der Waals surface area contributed by atoms with Crippen molar-refractivity contribution in [3.8, 4) is 11.5 Å². The number of hydrogen-bond acceptors (Lipinski definition) is 4. The van der Waals surface area contributed by atoms with Crippen LogP contribution in [0.5, 0.6) is 11.5 Å². The normalized spacial score (nSPS) is 11.1. The van der Waals surface area contributed by atoms with Crippen molar-refractivity contribution in [2.75, 3.05) is 19.8 Å². The monoisotopic (exact) mass is 372 g/mol. The highest BCUT2D eigenvalue weighted by molar-refractivity contribution is 5.91. The summed E-state index contributed by atoms with van der Waals surface area (Å²) in [7, 11) is 0. The van der Waals surface area contributed by atoms with Gasteiger partial charge in [0.2, 0.25) is 5.91 Å². The highest BCUT2D eigenvalue weighted by atomic mass is 19.1. The maximum absolute atomic E-state index is 14.1. The van der Waals surface area contributed by atoms with Gasteiger partial charge in [-0.3, -0.25) is 9.78 Å². The van der Waals surface area contributed by atoms with Gasteiger partial charge in [0.05, 0.1) is 6.20 Å². The number of aromatic nitrogens is 1. The Kier molecular flexibility index (Phi) is 8.45. The van der Waals surface area contributed by atoms with Crippen molar-refractivity contribution in [2.24, 2.45) is 5.92 Å². The molecular formula is C21H25FN2O3. The van der Waals surface area contributed by atoms with E-state index in [0.717, 1.165) is 13.0 Å². The van der Waals surface area contributed by atoms with Gasteiger partial charge in [0.25, 0.3) is 0 Å². The average molecular weight is 372 g/mol. The number of rotatable bonds is 10. The van der Waals surface area contributed by atoms with Gasteiger partial charge in [-0.1, -0.05) is 19.9 Å². The number of nitrogens with one attached hydrogen (secondary N) is 1. The van der Waals surface area contributed by atoms with Gasteiger partial charge in [0, 0.05) is 32.0 Å². The summed E-state index contributed by atoms with van der Waals surface area (Å²) in [4.78, 5) is 15.7. The highest BCUT2D eigenvalue weighted by Gasteiger charge is 2.05. The van der Waals surface area contributed by atoms with Gasteiger partial charge in [0.1, 0.15) is 5.75 Å². The van der Waals surface area contributed by atoms with E-state index in [1.807, 2.05) is 0 Å². The molecule has 1 aromatic heterocycles. The maximum Gasteiger partial charge on any atom is 0.244 e. The van der Waals surface area contributed by atoms with Crippen molar-refractivity contribution >= 4 is 12.0 Å². The summed E-state index contributed by atoms with van der Waals surface area (Å²) in [5, 5.41) is 2.77. The predicted molar refractivity (Wildman–Crippen MR) is 103 cm³/mol. The van der Waals surface area contributed by atoms with Crippen LogP contribution in [0.4, 0.5) is 4.39 Å². The van der Waals surface area contributed by atoms with E-state index in [2.05, 4.69) is 24.1 Å². The average Bonchev–Trinajstić information content (AvgIpc) is 2.65. The third-order valence-corrected chi connectivity index (χ3v) is 3.46. The SMILES string of the molecule is CC(C)COCCCNC(=O)/C=C/c1ccc(Oc2cccnc2)c(F)c1. The molecule has 0 aliphatic heterocycles. The minimum atomic E-state index is -0.510. The maximum atomic E-state index is 14.1. The molecule has 0 fully saturated rings. The molecule has 1 N–H and O–H groups in total. The van der Waals surface area contributed by atoms with E-state index < -0.39 is 5.82 Å². The number of halogens is 1. The molecular weight excluding hydrogens is 347 g/mol. The smallest absolute Gasteiger partial charge is 0.244 e. The second-order valence-corrected chi connectivity index (χ2v) is 6.43. The fourth-order valence-corrected chi connectivity index (χ4v) is 2.17. The lowest BCUT2D eigenvalue weighted by molar-refractivity contribution is -0.116. The third-order valence-electron chi connectivity index (χ3n) is 3.46. The molecule has 0 unspecified atom stereocenters. The second kappa shape index (κ2) is 11.1. The van der Waals surface area contributed by atoms with Gasteiger partial charge in [0.15, 0.2) is 11.6 Å². The molecule has 5 nitrogen and oxygen atoms in total. The summed E-state index contributed by atoms with van der Waals surface area (Å²) in [5.74, 6) is 0.324. The molecule has 27 heavy (non-hydrogen) atoms. The number of nitrogens with zero attached hydrogens (tertiary/aromatic N) is 1. The predicted octanol–water partition coefficient (Wildman–Crippen LogP) is 4.21. The van der Waals surface area contributed by atoms with Crippen LogP contribution in [-0.2, 0) is 9.53 Å². The standard InChI is InChI=1S/C21H25FN2O3/c1-16(2)15-26-12-4-11-24-21(25)9-7-17-6-8-20(19(22)13-17)27-18-5-3-10-23-14-18/h3,5-10,13-14,16H,4,11-12,15H2,1-2H3,(H,24,25)/b9-7+. The number of carbonyl (C=O) groups is 1. The Morgan fingerprint density at radius 2 is 2.19 bits per heavy atom. The lowest BCUT2D eigenvalue weighted by atomic mass is 10.2. The Hall–Kier alpha value is -2.73. The summed E-state index contributed by atoms with van der Waals surface area (Å²) in [6, 6.07) is 7.91. The van der Waals surface area contributed by atoms with Crippen LogP contribution in [0.2, 0.25) is 0 Å². The topological polar surface area (TPSA) is 60.5 Å². The van der Waals surface area contributed by atoms with E-state index in [4.69, 9.17) is 9.47 Å². The van der Waals surface area contributed by atoms with Crippen LogP contribution in [0.3, 0.4) is 0 Å². The van der Waals surface area contributed by atoms with Crippen LogP contribution in [0.1, 0.15) is 25.8 Å². The van der Waals surface area contributed by atoms with Gasteiger partial charge in [-0.25, -0.2) is 4.39 Å². The van der Waals surface area contributed by atoms with E-state index >= 15 is 0 Å². The molecule has 0 bridgehead atoms. The van der Waals surface area contributed by atoms with Gasteiger partial charge in [-0.2, -0.15) is 0 Å². The van der Waals surface area contributed by atoms with Crippen LogP contribution in [0.15, 0.2) is 48.8 Å². The van der Waals surface area contributed by atoms with Crippen molar-refractivity contribution in [2.45, 2.75) is 20.3 Å². The first-order valence-corrected chi connectivity index (χ1v) is 8.95. The molecule has 2 aromatic rings. The summed E-state index contributed by atoms with van der Waals surface area (Å²) in [6.45, 7) is 6.05. The molecule has 1 aromatic carbocycles. The van der Waals surface area contributed by atoms with Crippen LogP contribution < -0.4 is 10.1 Å². The molecule has 0 radical (unpaired) electrons. The molecule has 0 saturated heterocycles. The molecule has 1 amide bonds. The summed E-state index contributed by atoms with van der Waals surface area (Å²) in [6.07, 6.45) is 6.81. The zero-order valence-corrected chi connectivity index (χ0v) is 15.7. The lowest BCUT2D eigenvalue weighted by Gasteiger charge is -2.07. The van der Waals surface area contributed by atoms with Crippen molar-refractivity contribution in [1.29, 1.82) is 0 Å².